The van der Waals surface area contributed by atoms with Crippen molar-refractivity contribution < 1.29 is 8.42 Å². The molecule has 1 aromatic heterocycles. The van der Waals surface area contributed by atoms with Crippen LogP contribution in [0.5, 0.6) is 0 Å². The van der Waals surface area contributed by atoms with Crippen molar-refractivity contribution in [3.8, 4) is 0 Å². The molecule has 2 rings (SSSR count). The van der Waals surface area contributed by atoms with E-state index in [1.54, 1.807) is 37.5 Å². The van der Waals surface area contributed by atoms with Crippen molar-refractivity contribution in [3.05, 3.63) is 52.8 Å². The second-order valence-corrected chi connectivity index (χ2v) is 7.18. The van der Waals surface area contributed by atoms with Gasteiger partial charge in [-0.25, -0.2) is 8.42 Å². The fraction of sp³-hybridized carbons (Fsp3) is 0.214. The largest absolute Gasteiger partial charge is 0.397 e. The van der Waals surface area contributed by atoms with Gasteiger partial charge in [-0.05, 0) is 42.3 Å². The molecule has 0 spiro atoms. The SMILES string of the molecule is Cc1cc(Cl)c(N)cc1S(=O)(=O)N(C)Cc1ccncc1. The van der Waals surface area contributed by atoms with Crippen molar-refractivity contribution in [2.45, 2.75) is 18.4 Å². The Morgan fingerprint density at radius 2 is 1.90 bits per heavy atom. The predicted octanol–water partition coefficient (Wildman–Crippen LogP) is 2.45. The molecule has 112 valence electrons. The van der Waals surface area contributed by atoms with Crippen molar-refractivity contribution in [2.75, 3.05) is 12.8 Å². The monoisotopic (exact) mass is 325 g/mol. The number of hydrogen-bond donors (Lipinski definition) is 1. The highest BCUT2D eigenvalue weighted by atomic mass is 35.5. The van der Waals surface area contributed by atoms with E-state index in [-0.39, 0.29) is 17.1 Å². The maximum absolute atomic E-state index is 12.6. The van der Waals surface area contributed by atoms with Gasteiger partial charge in [0.25, 0.3) is 0 Å². The number of aryl methyl sites for hydroxylation is 1. The number of aromatic nitrogens is 1. The van der Waals surface area contributed by atoms with Crippen molar-refractivity contribution in [1.29, 1.82) is 0 Å². The summed E-state index contributed by atoms with van der Waals surface area (Å²) in [4.78, 5) is 4.08. The van der Waals surface area contributed by atoms with Crippen LogP contribution in [0.15, 0.2) is 41.6 Å². The molecule has 0 saturated heterocycles. The van der Waals surface area contributed by atoms with Gasteiger partial charge in [-0.15, -0.1) is 0 Å². The van der Waals surface area contributed by atoms with Gasteiger partial charge >= 0.3 is 0 Å². The molecular weight excluding hydrogens is 310 g/mol. The van der Waals surface area contributed by atoms with Crippen molar-refractivity contribution in [3.63, 3.8) is 0 Å². The van der Waals surface area contributed by atoms with Gasteiger partial charge in [-0.2, -0.15) is 4.31 Å². The minimum absolute atomic E-state index is 0.168. The van der Waals surface area contributed by atoms with E-state index < -0.39 is 10.0 Å². The molecule has 0 amide bonds. The summed E-state index contributed by atoms with van der Waals surface area (Å²) in [7, 11) is -2.11. The van der Waals surface area contributed by atoms with Crippen LogP contribution in [0.3, 0.4) is 0 Å². The molecule has 21 heavy (non-hydrogen) atoms. The van der Waals surface area contributed by atoms with Crippen molar-refractivity contribution >= 4 is 27.3 Å². The number of nitrogens with zero attached hydrogens (tertiary/aromatic N) is 2. The molecule has 2 aromatic rings. The van der Waals surface area contributed by atoms with Gasteiger partial charge < -0.3 is 5.73 Å². The molecule has 0 aliphatic heterocycles. The van der Waals surface area contributed by atoms with Gasteiger partial charge in [-0.1, -0.05) is 11.6 Å². The highest BCUT2D eigenvalue weighted by Gasteiger charge is 2.23. The van der Waals surface area contributed by atoms with Crippen LogP contribution < -0.4 is 5.73 Å². The first-order valence-corrected chi connectivity index (χ1v) is 8.05. The van der Waals surface area contributed by atoms with E-state index in [1.807, 2.05) is 0 Å². The summed E-state index contributed by atoms with van der Waals surface area (Å²) in [5.41, 5.74) is 7.39. The van der Waals surface area contributed by atoms with Gasteiger partial charge in [0.2, 0.25) is 10.0 Å². The smallest absolute Gasteiger partial charge is 0.243 e. The number of nitrogen functional groups attached to an aromatic ring is 1. The van der Waals surface area contributed by atoms with Crippen LogP contribution >= 0.6 is 11.6 Å². The second kappa shape index (κ2) is 6.01. The quantitative estimate of drug-likeness (QED) is 0.876. The van der Waals surface area contributed by atoms with Crippen molar-refractivity contribution in [2.24, 2.45) is 0 Å². The Morgan fingerprint density at radius 3 is 2.52 bits per heavy atom. The summed E-state index contributed by atoms with van der Waals surface area (Å²) >= 11 is 5.90. The lowest BCUT2D eigenvalue weighted by atomic mass is 10.2. The third kappa shape index (κ3) is 3.34. The van der Waals surface area contributed by atoms with Crippen LogP contribution in [0.2, 0.25) is 5.02 Å². The summed E-state index contributed by atoms with van der Waals surface area (Å²) < 4.78 is 26.5. The summed E-state index contributed by atoms with van der Waals surface area (Å²) in [5, 5.41) is 0.350. The molecule has 0 aliphatic carbocycles. The maximum atomic E-state index is 12.6. The number of hydrogen-bond acceptors (Lipinski definition) is 4. The standard InChI is InChI=1S/C14H16ClN3O2S/c1-10-7-12(15)13(16)8-14(10)21(19,20)18(2)9-11-3-5-17-6-4-11/h3-8H,9,16H2,1-2H3. The lowest BCUT2D eigenvalue weighted by molar-refractivity contribution is 0.466. The highest BCUT2D eigenvalue weighted by Crippen LogP contribution is 2.28. The molecule has 7 heteroatoms. The van der Waals surface area contributed by atoms with Crippen LogP contribution in [-0.2, 0) is 16.6 Å². The molecule has 0 radical (unpaired) electrons. The Balaban J connectivity index is 2.36. The van der Waals surface area contributed by atoms with Gasteiger partial charge in [0.05, 0.1) is 15.6 Å². The Morgan fingerprint density at radius 1 is 1.29 bits per heavy atom. The van der Waals surface area contributed by atoms with Crippen LogP contribution in [0.25, 0.3) is 0 Å². The zero-order valence-electron chi connectivity index (χ0n) is 11.7. The molecular formula is C14H16ClN3O2S. The van der Waals surface area contributed by atoms with E-state index in [1.165, 1.54) is 17.4 Å². The first-order chi connectivity index (χ1) is 9.82. The number of halogens is 1. The fourth-order valence-corrected chi connectivity index (χ4v) is 3.56. The third-order valence-corrected chi connectivity index (χ3v) is 5.41. The Labute approximate surface area is 129 Å². The minimum atomic E-state index is -3.63. The molecule has 0 unspecified atom stereocenters. The summed E-state index contributed by atoms with van der Waals surface area (Å²) in [6.45, 7) is 1.95. The van der Waals surface area contributed by atoms with E-state index in [2.05, 4.69) is 4.98 Å². The zero-order valence-corrected chi connectivity index (χ0v) is 13.3. The van der Waals surface area contributed by atoms with Gasteiger partial charge in [0.15, 0.2) is 0 Å². The van der Waals surface area contributed by atoms with E-state index in [0.29, 0.717) is 10.6 Å². The first-order valence-electron chi connectivity index (χ1n) is 6.23. The number of anilines is 1. The molecule has 0 fully saturated rings. The predicted molar refractivity (Wildman–Crippen MR) is 83.5 cm³/mol. The summed E-state index contributed by atoms with van der Waals surface area (Å²) in [5.74, 6) is 0. The van der Waals surface area contributed by atoms with Crippen LogP contribution in [0.1, 0.15) is 11.1 Å². The summed E-state index contributed by atoms with van der Waals surface area (Å²) in [6.07, 6.45) is 3.25. The molecule has 0 saturated carbocycles. The number of nitrogens with two attached hydrogens (primary N) is 1. The molecule has 0 aliphatic rings. The molecule has 0 bridgehead atoms. The number of rotatable bonds is 4. The Bertz CT molecular complexity index is 748. The number of sulfonamides is 1. The summed E-state index contributed by atoms with van der Waals surface area (Å²) in [6, 6.07) is 6.50. The average molecular weight is 326 g/mol. The van der Waals surface area contributed by atoms with Crippen LogP contribution in [-0.4, -0.2) is 24.8 Å². The third-order valence-electron chi connectivity index (χ3n) is 3.14. The van der Waals surface area contributed by atoms with E-state index >= 15 is 0 Å². The van der Waals surface area contributed by atoms with E-state index in [0.717, 1.165) is 5.56 Å². The van der Waals surface area contributed by atoms with E-state index in [4.69, 9.17) is 17.3 Å². The molecule has 5 nitrogen and oxygen atoms in total. The second-order valence-electron chi connectivity index (χ2n) is 4.76. The van der Waals surface area contributed by atoms with Crippen LogP contribution in [0, 0.1) is 6.92 Å². The molecule has 2 N–H and O–H groups in total. The normalized spacial score (nSPS) is 11.8. The molecule has 0 atom stereocenters. The lowest BCUT2D eigenvalue weighted by Gasteiger charge is -2.19. The topological polar surface area (TPSA) is 76.3 Å². The maximum Gasteiger partial charge on any atom is 0.243 e. The lowest BCUT2D eigenvalue weighted by Crippen LogP contribution is -2.27. The van der Waals surface area contributed by atoms with Gasteiger partial charge in [0, 0.05) is 26.0 Å². The van der Waals surface area contributed by atoms with E-state index in [9.17, 15) is 8.42 Å². The highest BCUT2D eigenvalue weighted by molar-refractivity contribution is 7.89. The number of pyridine rings is 1. The Hall–Kier alpha value is -1.63. The first kappa shape index (κ1) is 15.8. The minimum Gasteiger partial charge on any atom is -0.397 e. The fourth-order valence-electron chi connectivity index (χ4n) is 1.94. The van der Waals surface area contributed by atoms with Crippen molar-refractivity contribution in [1.82, 2.24) is 9.29 Å². The number of benzene rings is 1. The van der Waals surface area contributed by atoms with Crippen LogP contribution in [0.4, 0.5) is 5.69 Å². The molecule has 1 aromatic carbocycles. The average Bonchev–Trinajstić information content (AvgIpc) is 2.43. The van der Waals surface area contributed by atoms with Gasteiger partial charge in [0.1, 0.15) is 0 Å². The Kier molecular flexibility index (Phi) is 4.51. The molecule has 1 heterocycles. The van der Waals surface area contributed by atoms with Gasteiger partial charge in [-0.3, -0.25) is 4.98 Å². The zero-order chi connectivity index (χ0) is 15.6.